The number of hydrogen-bond donors (Lipinski definition) is 0. The van der Waals surface area contributed by atoms with Crippen molar-refractivity contribution in [2.45, 2.75) is 0 Å². The molecule has 0 saturated carbocycles. The molecule has 2 aromatic carbocycles. The van der Waals surface area contributed by atoms with Crippen molar-refractivity contribution < 1.29 is 19.1 Å². The first-order valence-corrected chi connectivity index (χ1v) is 9.67. The fourth-order valence-corrected chi connectivity index (χ4v) is 2.95. The number of rotatable bonds is 7. The molecule has 1 aliphatic rings. The van der Waals surface area contributed by atoms with Crippen molar-refractivity contribution in [1.29, 1.82) is 0 Å². The smallest absolute Gasteiger partial charge is 0.260 e. The highest BCUT2D eigenvalue weighted by molar-refractivity contribution is 5.78. The fraction of sp³-hybridized carbons (Fsp3) is 0.364. The zero-order valence-electron chi connectivity index (χ0n) is 16.9. The van der Waals surface area contributed by atoms with Gasteiger partial charge in [-0.1, -0.05) is 18.2 Å². The Bertz CT molecular complexity index is 801. The Kier molecular flexibility index (Phi) is 7.08. The van der Waals surface area contributed by atoms with Crippen molar-refractivity contribution in [3.63, 3.8) is 0 Å². The Morgan fingerprint density at radius 2 is 1.45 bits per heavy atom. The lowest BCUT2D eigenvalue weighted by atomic mass is 10.3. The van der Waals surface area contributed by atoms with Crippen LogP contribution in [0.2, 0.25) is 0 Å². The topological polar surface area (TPSA) is 62.3 Å². The largest absolute Gasteiger partial charge is 0.484 e. The molecule has 29 heavy (non-hydrogen) atoms. The number of piperazine rings is 1. The van der Waals surface area contributed by atoms with Gasteiger partial charge in [0.2, 0.25) is 5.91 Å². The quantitative estimate of drug-likeness (QED) is 0.716. The number of hydrogen-bond acceptors (Lipinski definition) is 5. The normalized spacial score (nSPS) is 14.3. The monoisotopic (exact) mass is 397 g/mol. The standard InChI is InChI=1S/C22H27N3O4/c1-23(2)21(26)16-24-12-14-25(15-13-24)22(27)17-28-18-8-10-20(11-9-18)29-19-6-4-3-5-7-19/h3-11H,12-17H2,1-2H3. The zero-order chi connectivity index (χ0) is 20.6. The SMILES string of the molecule is CN(C)C(=O)CN1CCN(C(=O)COc2ccc(Oc3ccccc3)cc2)CC1. The first kappa shape index (κ1) is 20.7. The first-order chi connectivity index (χ1) is 14.0. The highest BCUT2D eigenvalue weighted by Crippen LogP contribution is 2.23. The van der Waals surface area contributed by atoms with Crippen LogP contribution in [-0.4, -0.2) is 79.9 Å². The van der Waals surface area contributed by atoms with Gasteiger partial charge in [-0.2, -0.15) is 0 Å². The summed E-state index contributed by atoms with van der Waals surface area (Å²) in [5.74, 6) is 2.12. The number of nitrogens with zero attached hydrogens (tertiary/aromatic N) is 3. The van der Waals surface area contributed by atoms with Gasteiger partial charge in [0.05, 0.1) is 6.54 Å². The lowest BCUT2D eigenvalue weighted by Crippen LogP contribution is -2.51. The third-order valence-corrected chi connectivity index (χ3v) is 4.75. The average Bonchev–Trinajstić information content (AvgIpc) is 2.74. The van der Waals surface area contributed by atoms with E-state index in [1.165, 1.54) is 0 Å². The van der Waals surface area contributed by atoms with E-state index in [2.05, 4.69) is 4.90 Å². The average molecular weight is 397 g/mol. The van der Waals surface area contributed by atoms with Crippen LogP contribution >= 0.6 is 0 Å². The van der Waals surface area contributed by atoms with Gasteiger partial charge in [0.15, 0.2) is 6.61 Å². The summed E-state index contributed by atoms with van der Waals surface area (Å²) < 4.78 is 11.4. The summed E-state index contributed by atoms with van der Waals surface area (Å²) in [6.45, 7) is 2.98. The van der Waals surface area contributed by atoms with Gasteiger partial charge in [-0.25, -0.2) is 0 Å². The first-order valence-electron chi connectivity index (χ1n) is 9.67. The molecule has 1 aliphatic heterocycles. The molecule has 3 rings (SSSR count). The molecular formula is C22H27N3O4. The number of benzene rings is 2. The molecule has 0 aliphatic carbocycles. The molecule has 0 bridgehead atoms. The molecule has 2 amide bonds. The van der Waals surface area contributed by atoms with Gasteiger partial charge in [-0.05, 0) is 36.4 Å². The van der Waals surface area contributed by atoms with Crippen LogP contribution in [-0.2, 0) is 9.59 Å². The molecule has 2 aromatic rings. The summed E-state index contributed by atoms with van der Waals surface area (Å²) >= 11 is 0. The fourth-order valence-electron chi connectivity index (χ4n) is 2.95. The van der Waals surface area contributed by atoms with Crippen molar-refractivity contribution in [2.24, 2.45) is 0 Å². The highest BCUT2D eigenvalue weighted by Gasteiger charge is 2.23. The van der Waals surface area contributed by atoms with Crippen molar-refractivity contribution >= 4 is 11.8 Å². The molecule has 0 aromatic heterocycles. The third-order valence-electron chi connectivity index (χ3n) is 4.75. The molecule has 1 heterocycles. The molecule has 0 N–H and O–H groups in total. The number of ether oxygens (including phenoxy) is 2. The molecule has 7 heteroatoms. The Morgan fingerprint density at radius 1 is 0.862 bits per heavy atom. The van der Waals surface area contributed by atoms with Gasteiger partial charge in [-0.3, -0.25) is 14.5 Å². The summed E-state index contributed by atoms with van der Waals surface area (Å²) in [5.41, 5.74) is 0. The van der Waals surface area contributed by atoms with E-state index in [-0.39, 0.29) is 18.4 Å². The van der Waals surface area contributed by atoms with E-state index in [1.54, 1.807) is 36.0 Å². The minimum atomic E-state index is -0.0480. The minimum Gasteiger partial charge on any atom is -0.484 e. The Balaban J connectivity index is 1.41. The summed E-state index contributed by atoms with van der Waals surface area (Å²) in [4.78, 5) is 29.6. The van der Waals surface area contributed by atoms with E-state index >= 15 is 0 Å². The van der Waals surface area contributed by atoms with E-state index in [4.69, 9.17) is 9.47 Å². The van der Waals surface area contributed by atoms with Crippen LogP contribution < -0.4 is 9.47 Å². The molecular weight excluding hydrogens is 370 g/mol. The predicted octanol–water partition coefficient (Wildman–Crippen LogP) is 2.09. The van der Waals surface area contributed by atoms with Gasteiger partial charge >= 0.3 is 0 Å². The number of carbonyl (C=O) groups excluding carboxylic acids is 2. The maximum Gasteiger partial charge on any atom is 0.260 e. The van der Waals surface area contributed by atoms with Crippen LogP contribution in [0.5, 0.6) is 17.2 Å². The van der Waals surface area contributed by atoms with Gasteiger partial charge in [-0.15, -0.1) is 0 Å². The van der Waals surface area contributed by atoms with E-state index in [9.17, 15) is 9.59 Å². The number of amides is 2. The van der Waals surface area contributed by atoms with Crippen LogP contribution in [0.3, 0.4) is 0 Å². The van der Waals surface area contributed by atoms with Crippen molar-refractivity contribution in [3.8, 4) is 17.2 Å². The molecule has 1 fully saturated rings. The summed E-state index contributed by atoms with van der Waals surface area (Å²) in [7, 11) is 3.50. The van der Waals surface area contributed by atoms with E-state index in [0.29, 0.717) is 44.2 Å². The van der Waals surface area contributed by atoms with E-state index < -0.39 is 0 Å². The van der Waals surface area contributed by atoms with Crippen LogP contribution in [0.1, 0.15) is 0 Å². The number of likely N-dealkylation sites (N-methyl/N-ethyl adjacent to an activating group) is 1. The van der Waals surface area contributed by atoms with Crippen molar-refractivity contribution in [1.82, 2.24) is 14.7 Å². The Labute approximate surface area is 171 Å². The molecule has 0 atom stereocenters. The van der Waals surface area contributed by atoms with Gasteiger partial charge < -0.3 is 19.3 Å². The number of carbonyl (C=O) groups is 2. The second kappa shape index (κ2) is 9.93. The molecule has 7 nitrogen and oxygen atoms in total. The van der Waals surface area contributed by atoms with Gasteiger partial charge in [0.25, 0.3) is 5.91 Å². The minimum absolute atomic E-state index is 0.00445. The zero-order valence-corrected chi connectivity index (χ0v) is 16.9. The molecule has 0 radical (unpaired) electrons. The summed E-state index contributed by atoms with van der Waals surface area (Å²) in [6.07, 6.45) is 0. The molecule has 154 valence electrons. The van der Waals surface area contributed by atoms with Crippen LogP contribution in [0.25, 0.3) is 0 Å². The lowest BCUT2D eigenvalue weighted by Gasteiger charge is -2.34. The van der Waals surface area contributed by atoms with E-state index in [0.717, 1.165) is 5.75 Å². The maximum absolute atomic E-state index is 12.4. The second-order valence-electron chi connectivity index (χ2n) is 7.12. The predicted molar refractivity (Wildman–Crippen MR) is 110 cm³/mol. The summed E-state index contributed by atoms with van der Waals surface area (Å²) in [5, 5.41) is 0. The van der Waals surface area contributed by atoms with Gasteiger partial charge in [0.1, 0.15) is 17.2 Å². The molecule has 0 unspecified atom stereocenters. The Hall–Kier alpha value is -3.06. The van der Waals surface area contributed by atoms with Crippen molar-refractivity contribution in [3.05, 3.63) is 54.6 Å². The van der Waals surface area contributed by atoms with Crippen LogP contribution in [0, 0.1) is 0 Å². The summed E-state index contributed by atoms with van der Waals surface area (Å²) in [6, 6.07) is 16.7. The highest BCUT2D eigenvalue weighted by atomic mass is 16.5. The van der Waals surface area contributed by atoms with Crippen LogP contribution in [0.4, 0.5) is 0 Å². The third kappa shape index (κ3) is 6.22. The van der Waals surface area contributed by atoms with Gasteiger partial charge in [0, 0.05) is 40.3 Å². The van der Waals surface area contributed by atoms with Crippen molar-refractivity contribution in [2.75, 3.05) is 53.4 Å². The maximum atomic E-state index is 12.4. The lowest BCUT2D eigenvalue weighted by molar-refractivity contribution is -0.136. The number of para-hydroxylation sites is 1. The Morgan fingerprint density at radius 3 is 2.07 bits per heavy atom. The van der Waals surface area contributed by atoms with E-state index in [1.807, 2.05) is 42.5 Å². The molecule has 1 saturated heterocycles. The molecule has 0 spiro atoms. The van der Waals surface area contributed by atoms with Crippen LogP contribution in [0.15, 0.2) is 54.6 Å². The second-order valence-corrected chi connectivity index (χ2v) is 7.12.